The molecule has 1 saturated heterocycles. The van der Waals surface area contributed by atoms with Crippen molar-refractivity contribution in [3.63, 3.8) is 0 Å². The summed E-state index contributed by atoms with van der Waals surface area (Å²) in [5, 5.41) is 27.6. The van der Waals surface area contributed by atoms with Crippen LogP contribution < -0.4 is 5.73 Å². The minimum absolute atomic E-state index is 0.204. The smallest absolute Gasteiger partial charge is 0.353 e. The van der Waals surface area contributed by atoms with Gasteiger partial charge in [-0.1, -0.05) is 6.07 Å². The lowest BCUT2D eigenvalue weighted by Crippen LogP contribution is -2.39. The van der Waals surface area contributed by atoms with Crippen molar-refractivity contribution in [3.05, 3.63) is 23.8 Å². The molecule has 1 unspecified atom stereocenters. The van der Waals surface area contributed by atoms with E-state index in [1.807, 2.05) is 0 Å². The van der Waals surface area contributed by atoms with Crippen molar-refractivity contribution < 1.29 is 25.1 Å². The molecule has 0 aliphatic carbocycles. The lowest BCUT2D eigenvalue weighted by Gasteiger charge is -2.11. The van der Waals surface area contributed by atoms with Gasteiger partial charge in [0.2, 0.25) is 0 Å². The third-order valence-electron chi connectivity index (χ3n) is 2.22. The number of aromatic hydroxyl groups is 2. The lowest BCUT2D eigenvalue weighted by molar-refractivity contribution is 0.00422. The van der Waals surface area contributed by atoms with Crippen LogP contribution in [0.1, 0.15) is 5.56 Å². The maximum absolute atomic E-state index is 9.30. The van der Waals surface area contributed by atoms with Gasteiger partial charge in [0.15, 0.2) is 11.5 Å². The Hall–Kier alpha value is -1.34. The first-order valence-electron chi connectivity index (χ1n) is 4.37. The van der Waals surface area contributed by atoms with Crippen molar-refractivity contribution in [2.45, 2.75) is 18.4 Å². The number of phenols is 2. The molecule has 0 amide bonds. The molecule has 0 aromatic heterocycles. The highest BCUT2D eigenvalue weighted by molar-refractivity contribution is 5.40. The summed E-state index contributed by atoms with van der Waals surface area (Å²) in [4.78, 5) is 8.61. The van der Waals surface area contributed by atoms with Gasteiger partial charge in [-0.3, -0.25) is 0 Å². The zero-order chi connectivity index (χ0) is 11.1. The Morgan fingerprint density at radius 2 is 1.93 bits per heavy atom. The van der Waals surface area contributed by atoms with Gasteiger partial charge in [-0.25, -0.2) is 0 Å². The van der Waals surface area contributed by atoms with E-state index in [-0.39, 0.29) is 17.9 Å². The van der Waals surface area contributed by atoms with E-state index in [4.69, 9.17) is 10.8 Å². The molecule has 1 heterocycles. The van der Waals surface area contributed by atoms with Gasteiger partial charge < -0.3 is 21.1 Å². The lowest BCUT2D eigenvalue weighted by atomic mass is 10.0. The van der Waals surface area contributed by atoms with E-state index in [1.165, 1.54) is 12.1 Å². The molecule has 2 rings (SSSR count). The molecule has 0 radical (unpaired) electrons. The first-order valence-corrected chi connectivity index (χ1v) is 4.37. The number of hydrogen-bond donors (Lipinski definition) is 4. The molecule has 1 atom stereocenters. The summed E-state index contributed by atoms with van der Waals surface area (Å²) in [6, 6.07) is 3.54. The van der Waals surface area contributed by atoms with Gasteiger partial charge in [-0.05, 0) is 24.1 Å². The minimum atomic E-state index is -1.71. The first-order chi connectivity index (χ1) is 7.01. The number of hydrogen-bond acceptors (Lipinski definition) is 6. The zero-order valence-electron chi connectivity index (χ0n) is 7.75. The standard InChI is InChI=1S/C9H11NO5/c10-8(9(13)14-15-9)4-5-1-2-6(11)7(12)3-5/h1-3,8,11-13H,4,10H2. The van der Waals surface area contributed by atoms with Crippen LogP contribution in [0, 0.1) is 0 Å². The predicted octanol–water partition coefficient (Wildman–Crippen LogP) is -0.425. The average molecular weight is 213 g/mol. The molecule has 0 saturated carbocycles. The highest BCUT2D eigenvalue weighted by atomic mass is 17.4. The second-order valence-electron chi connectivity index (χ2n) is 3.43. The number of rotatable bonds is 3. The maximum atomic E-state index is 9.30. The molecule has 15 heavy (non-hydrogen) atoms. The highest BCUT2D eigenvalue weighted by Gasteiger charge is 2.53. The quantitative estimate of drug-likeness (QED) is 0.308. The van der Waals surface area contributed by atoms with E-state index < -0.39 is 12.0 Å². The molecule has 1 fully saturated rings. The second-order valence-corrected chi connectivity index (χ2v) is 3.43. The maximum Gasteiger partial charge on any atom is 0.353 e. The molecule has 0 bridgehead atoms. The van der Waals surface area contributed by atoms with E-state index in [0.717, 1.165) is 0 Å². The number of phenolic OH excluding ortho intramolecular Hbond substituents is 2. The summed E-state index contributed by atoms with van der Waals surface area (Å²) in [6.07, 6.45) is 0.254. The van der Waals surface area contributed by atoms with Gasteiger partial charge in [0, 0.05) is 0 Å². The summed E-state index contributed by atoms with van der Waals surface area (Å²) >= 11 is 0. The Morgan fingerprint density at radius 1 is 1.27 bits per heavy atom. The van der Waals surface area contributed by atoms with Crippen LogP contribution in [0.2, 0.25) is 0 Å². The van der Waals surface area contributed by atoms with Crippen LogP contribution in [0.25, 0.3) is 0 Å². The van der Waals surface area contributed by atoms with Crippen molar-refractivity contribution in [3.8, 4) is 11.5 Å². The van der Waals surface area contributed by atoms with Gasteiger partial charge in [0.25, 0.3) is 0 Å². The van der Waals surface area contributed by atoms with Crippen LogP contribution in [-0.2, 0) is 16.2 Å². The van der Waals surface area contributed by atoms with Crippen molar-refractivity contribution in [2.75, 3.05) is 0 Å². The van der Waals surface area contributed by atoms with Gasteiger partial charge >= 0.3 is 5.97 Å². The Kier molecular flexibility index (Phi) is 2.28. The summed E-state index contributed by atoms with van der Waals surface area (Å²) in [5.41, 5.74) is 6.25. The molecule has 5 N–H and O–H groups in total. The van der Waals surface area contributed by atoms with Gasteiger partial charge in [0.05, 0.1) is 6.04 Å². The second kappa shape index (κ2) is 3.35. The van der Waals surface area contributed by atoms with Crippen LogP contribution in [-0.4, -0.2) is 27.3 Å². The Bertz CT molecular complexity index is 377. The monoisotopic (exact) mass is 213 g/mol. The molecule has 0 spiro atoms. The normalized spacial score (nSPS) is 19.9. The summed E-state index contributed by atoms with van der Waals surface area (Å²) < 4.78 is 0. The van der Waals surface area contributed by atoms with E-state index >= 15 is 0 Å². The van der Waals surface area contributed by atoms with Crippen LogP contribution in [0.4, 0.5) is 0 Å². The van der Waals surface area contributed by atoms with Crippen LogP contribution >= 0.6 is 0 Å². The third kappa shape index (κ3) is 2.02. The van der Waals surface area contributed by atoms with Crippen molar-refractivity contribution in [1.29, 1.82) is 0 Å². The topological polar surface area (TPSA) is 112 Å². The number of nitrogens with two attached hydrogens (primary N) is 1. The fraction of sp³-hybridized carbons (Fsp3) is 0.333. The fourth-order valence-corrected chi connectivity index (χ4v) is 1.25. The summed E-state index contributed by atoms with van der Waals surface area (Å²) in [5.74, 6) is -2.15. The number of benzene rings is 1. The van der Waals surface area contributed by atoms with Gasteiger partial charge in [0.1, 0.15) is 0 Å². The molecule has 1 aliphatic rings. The molecule has 1 aliphatic heterocycles. The van der Waals surface area contributed by atoms with Crippen LogP contribution in [0.15, 0.2) is 18.2 Å². The molecule has 1 aromatic carbocycles. The first kappa shape index (κ1) is 10.2. The molecule has 82 valence electrons. The summed E-state index contributed by atoms with van der Waals surface area (Å²) in [6.45, 7) is 0. The van der Waals surface area contributed by atoms with Crippen LogP contribution in [0.3, 0.4) is 0 Å². The third-order valence-corrected chi connectivity index (χ3v) is 2.22. The molecular weight excluding hydrogens is 202 g/mol. The highest BCUT2D eigenvalue weighted by Crippen LogP contribution is 2.31. The van der Waals surface area contributed by atoms with Crippen LogP contribution in [0.5, 0.6) is 11.5 Å². The van der Waals surface area contributed by atoms with E-state index in [9.17, 15) is 10.2 Å². The molecular formula is C9H11NO5. The van der Waals surface area contributed by atoms with E-state index in [2.05, 4.69) is 9.78 Å². The number of aliphatic hydroxyl groups is 1. The van der Waals surface area contributed by atoms with Crippen molar-refractivity contribution in [1.82, 2.24) is 0 Å². The van der Waals surface area contributed by atoms with Gasteiger partial charge in [-0.2, -0.15) is 9.78 Å². The summed E-state index contributed by atoms with van der Waals surface area (Å²) in [7, 11) is 0. The Balaban J connectivity index is 2.07. The van der Waals surface area contributed by atoms with Gasteiger partial charge in [-0.15, -0.1) is 0 Å². The minimum Gasteiger partial charge on any atom is -0.504 e. The Morgan fingerprint density at radius 3 is 2.47 bits per heavy atom. The Labute approximate surface area is 85.4 Å². The predicted molar refractivity (Wildman–Crippen MR) is 48.6 cm³/mol. The fourth-order valence-electron chi connectivity index (χ4n) is 1.25. The van der Waals surface area contributed by atoms with E-state index in [1.54, 1.807) is 6.07 Å². The van der Waals surface area contributed by atoms with Crippen molar-refractivity contribution >= 4 is 0 Å². The molecule has 1 aromatic rings. The molecule has 6 heteroatoms. The average Bonchev–Trinajstić information content (AvgIpc) is 2.92. The van der Waals surface area contributed by atoms with Crippen molar-refractivity contribution in [2.24, 2.45) is 5.73 Å². The SMILES string of the molecule is NC(Cc1ccc(O)c(O)c1)C1(O)OO1. The molecule has 6 nitrogen and oxygen atoms in total. The van der Waals surface area contributed by atoms with E-state index in [0.29, 0.717) is 5.56 Å². The largest absolute Gasteiger partial charge is 0.504 e. The zero-order valence-corrected chi connectivity index (χ0v) is 7.75.